The number of nitrogens with one attached hydrogen (secondary N) is 1. The number of para-hydroxylation sites is 1. The molecule has 1 N–H and O–H groups in total. The number of benzene rings is 2. The summed E-state index contributed by atoms with van der Waals surface area (Å²) in [7, 11) is 0. The molecule has 4 rings (SSSR count). The smallest absolute Gasteiger partial charge is 0.261 e. The molecule has 34 heavy (non-hydrogen) atoms. The van der Waals surface area contributed by atoms with E-state index in [0.717, 1.165) is 24.0 Å². The Morgan fingerprint density at radius 1 is 1.32 bits per heavy atom. The molecule has 1 aliphatic heterocycles. The van der Waals surface area contributed by atoms with Crippen LogP contribution in [0, 0.1) is 6.92 Å². The number of rotatable bonds is 8. The molecule has 2 heterocycles. The lowest BCUT2D eigenvalue weighted by Gasteiger charge is -2.25. The van der Waals surface area contributed by atoms with Crippen molar-refractivity contribution in [2.75, 3.05) is 19.8 Å². The average Bonchev–Trinajstić information content (AvgIpc) is 3.32. The first-order chi connectivity index (χ1) is 16.3. The fraction of sp³-hybridized carbons (Fsp3) is 0.423. The zero-order chi connectivity index (χ0) is 24.2. The summed E-state index contributed by atoms with van der Waals surface area (Å²) in [5.74, 6) is 1.08. The average molecular weight is 484 g/mol. The highest BCUT2D eigenvalue weighted by Gasteiger charge is 2.24. The minimum atomic E-state index is -0.223. The minimum absolute atomic E-state index is 0.0415. The summed E-state index contributed by atoms with van der Waals surface area (Å²) in [6.07, 6.45) is 1.82. The van der Waals surface area contributed by atoms with E-state index in [4.69, 9.17) is 21.1 Å². The number of aromatic nitrogens is 2. The first-order valence-electron chi connectivity index (χ1n) is 11.6. The van der Waals surface area contributed by atoms with Crippen LogP contribution in [0.15, 0.2) is 41.2 Å². The molecular weight excluding hydrogens is 454 g/mol. The highest BCUT2D eigenvalue weighted by molar-refractivity contribution is 6.31. The Morgan fingerprint density at radius 2 is 2.12 bits per heavy atom. The molecule has 0 saturated carbocycles. The zero-order valence-corrected chi connectivity index (χ0v) is 20.5. The fourth-order valence-corrected chi connectivity index (χ4v) is 4.33. The molecule has 7 nitrogen and oxygen atoms in total. The van der Waals surface area contributed by atoms with Crippen LogP contribution < -0.4 is 10.3 Å². The van der Waals surface area contributed by atoms with Crippen molar-refractivity contribution in [1.29, 1.82) is 0 Å². The molecule has 2 aromatic carbocycles. The van der Waals surface area contributed by atoms with Gasteiger partial charge in [0.15, 0.2) is 6.61 Å². The van der Waals surface area contributed by atoms with Crippen LogP contribution in [0.4, 0.5) is 0 Å². The van der Waals surface area contributed by atoms with Crippen molar-refractivity contribution in [3.05, 3.63) is 68.7 Å². The van der Waals surface area contributed by atoms with Crippen LogP contribution in [0.5, 0.6) is 5.75 Å². The van der Waals surface area contributed by atoms with Gasteiger partial charge in [-0.1, -0.05) is 37.6 Å². The van der Waals surface area contributed by atoms with Crippen molar-refractivity contribution in [3.8, 4) is 5.75 Å². The molecule has 0 spiro atoms. The van der Waals surface area contributed by atoms with Crippen LogP contribution in [0.2, 0.25) is 5.02 Å². The summed E-state index contributed by atoms with van der Waals surface area (Å²) in [4.78, 5) is 34.8. The molecule has 1 atom stereocenters. The number of carbonyl (C=O) groups is 1. The fourth-order valence-electron chi connectivity index (χ4n) is 4.16. The summed E-state index contributed by atoms with van der Waals surface area (Å²) >= 11 is 6.30. The van der Waals surface area contributed by atoms with E-state index in [-0.39, 0.29) is 36.6 Å². The number of nitrogens with zero attached hydrogens (tertiary/aromatic N) is 2. The number of carbonyl (C=O) groups excluding carboxylic acids is 1. The predicted molar refractivity (Wildman–Crippen MR) is 133 cm³/mol. The van der Waals surface area contributed by atoms with Gasteiger partial charge in [0.25, 0.3) is 11.5 Å². The Morgan fingerprint density at radius 3 is 2.85 bits per heavy atom. The largest absolute Gasteiger partial charge is 0.483 e. The van der Waals surface area contributed by atoms with Gasteiger partial charge in [-0.25, -0.2) is 4.98 Å². The Kier molecular flexibility index (Phi) is 7.54. The Bertz CT molecular complexity index is 1230. The highest BCUT2D eigenvalue weighted by Crippen LogP contribution is 2.32. The number of halogens is 1. The third-order valence-electron chi connectivity index (χ3n) is 6.07. The SMILES string of the molecule is Cc1cc(OCC(=O)N(Cc2nc3ccccc3c(=O)[nH]2)C[C@@H]2CCCO2)c(C(C)C)cc1Cl. The predicted octanol–water partition coefficient (Wildman–Crippen LogP) is 4.59. The summed E-state index contributed by atoms with van der Waals surface area (Å²) in [6, 6.07) is 10.9. The van der Waals surface area contributed by atoms with Crippen molar-refractivity contribution in [1.82, 2.24) is 14.9 Å². The lowest BCUT2D eigenvalue weighted by Crippen LogP contribution is -2.40. The van der Waals surface area contributed by atoms with Crippen LogP contribution in [0.1, 0.15) is 49.6 Å². The Labute approximate surface area is 204 Å². The van der Waals surface area contributed by atoms with Gasteiger partial charge < -0.3 is 19.4 Å². The van der Waals surface area contributed by atoms with E-state index in [0.29, 0.717) is 40.7 Å². The summed E-state index contributed by atoms with van der Waals surface area (Å²) in [6.45, 7) is 7.16. The number of aromatic amines is 1. The van der Waals surface area contributed by atoms with Crippen LogP contribution >= 0.6 is 11.6 Å². The highest BCUT2D eigenvalue weighted by atomic mass is 35.5. The molecule has 8 heteroatoms. The van der Waals surface area contributed by atoms with Crippen LogP contribution in [-0.2, 0) is 16.1 Å². The standard InChI is InChI=1S/C26H30ClN3O4/c1-16(2)20-12-21(27)17(3)11-23(20)34-15-25(31)30(13-18-7-6-10-33-18)14-24-28-22-9-5-4-8-19(22)26(32)29-24/h4-5,8-9,11-12,16,18H,6-7,10,13-15H2,1-3H3,(H,28,29,32)/t18-/m0/s1. The molecule has 0 aliphatic carbocycles. The van der Waals surface area contributed by atoms with Gasteiger partial charge in [-0.3, -0.25) is 9.59 Å². The topological polar surface area (TPSA) is 84.5 Å². The molecule has 0 radical (unpaired) electrons. The Hall–Kier alpha value is -2.90. The summed E-state index contributed by atoms with van der Waals surface area (Å²) in [5, 5.41) is 1.19. The lowest BCUT2D eigenvalue weighted by molar-refractivity contribution is -0.135. The molecule has 1 aromatic heterocycles. The molecule has 0 bridgehead atoms. The molecule has 1 aliphatic rings. The van der Waals surface area contributed by atoms with E-state index in [2.05, 4.69) is 23.8 Å². The van der Waals surface area contributed by atoms with Gasteiger partial charge in [0.2, 0.25) is 0 Å². The quantitative estimate of drug-likeness (QED) is 0.506. The van der Waals surface area contributed by atoms with Gasteiger partial charge in [-0.15, -0.1) is 0 Å². The van der Waals surface area contributed by atoms with Gasteiger partial charge in [0.05, 0.1) is 23.6 Å². The number of fused-ring (bicyclic) bond motifs is 1. The zero-order valence-electron chi connectivity index (χ0n) is 19.8. The molecule has 180 valence electrons. The second-order valence-corrected chi connectivity index (χ2v) is 9.43. The first kappa shape index (κ1) is 24.2. The van der Waals surface area contributed by atoms with Gasteiger partial charge in [-0.05, 0) is 61.1 Å². The number of H-pyrrole nitrogens is 1. The third-order valence-corrected chi connectivity index (χ3v) is 6.47. The van der Waals surface area contributed by atoms with Crippen molar-refractivity contribution in [2.24, 2.45) is 0 Å². The minimum Gasteiger partial charge on any atom is -0.483 e. The van der Waals surface area contributed by atoms with Gasteiger partial charge in [-0.2, -0.15) is 0 Å². The number of hydrogen-bond acceptors (Lipinski definition) is 5. The first-order valence-corrected chi connectivity index (χ1v) is 12.0. The monoisotopic (exact) mass is 483 g/mol. The van der Waals surface area contributed by atoms with E-state index in [1.807, 2.05) is 25.1 Å². The summed E-state index contributed by atoms with van der Waals surface area (Å²) in [5.41, 5.74) is 2.22. The second kappa shape index (κ2) is 10.6. The second-order valence-electron chi connectivity index (χ2n) is 9.02. The van der Waals surface area contributed by atoms with Crippen molar-refractivity contribution >= 4 is 28.4 Å². The molecule has 0 unspecified atom stereocenters. The van der Waals surface area contributed by atoms with Crippen LogP contribution in [-0.4, -0.2) is 46.6 Å². The molecule has 3 aromatic rings. The lowest BCUT2D eigenvalue weighted by atomic mass is 10.0. The van der Waals surface area contributed by atoms with Gasteiger partial charge in [0.1, 0.15) is 11.6 Å². The van der Waals surface area contributed by atoms with Gasteiger partial charge in [0, 0.05) is 18.2 Å². The van der Waals surface area contributed by atoms with E-state index in [1.165, 1.54) is 0 Å². The maximum atomic E-state index is 13.3. The maximum Gasteiger partial charge on any atom is 0.261 e. The third kappa shape index (κ3) is 5.59. The Balaban J connectivity index is 1.55. The number of hydrogen-bond donors (Lipinski definition) is 1. The normalized spacial score (nSPS) is 15.7. The van der Waals surface area contributed by atoms with Crippen LogP contribution in [0.25, 0.3) is 10.9 Å². The molecule has 1 saturated heterocycles. The molecule has 1 fully saturated rings. The van der Waals surface area contributed by atoms with Gasteiger partial charge >= 0.3 is 0 Å². The van der Waals surface area contributed by atoms with Crippen molar-refractivity contribution in [2.45, 2.75) is 52.2 Å². The molecule has 1 amide bonds. The summed E-state index contributed by atoms with van der Waals surface area (Å²) < 4.78 is 11.8. The van der Waals surface area contributed by atoms with Crippen LogP contribution in [0.3, 0.4) is 0 Å². The number of amides is 1. The van der Waals surface area contributed by atoms with Crippen molar-refractivity contribution < 1.29 is 14.3 Å². The van der Waals surface area contributed by atoms with E-state index in [9.17, 15) is 9.59 Å². The maximum absolute atomic E-state index is 13.3. The molecular formula is C26H30ClN3O4. The van der Waals surface area contributed by atoms with E-state index in [1.54, 1.807) is 23.1 Å². The van der Waals surface area contributed by atoms with Crippen molar-refractivity contribution in [3.63, 3.8) is 0 Å². The van der Waals surface area contributed by atoms with E-state index < -0.39 is 0 Å². The number of aryl methyl sites for hydroxylation is 1. The number of ether oxygens (including phenoxy) is 2. The van der Waals surface area contributed by atoms with E-state index >= 15 is 0 Å².